The number of piperidine rings is 1. The number of likely N-dealkylation sites (tertiary alicyclic amines) is 1. The highest BCUT2D eigenvalue weighted by Gasteiger charge is 2.26. The molecule has 0 spiro atoms. The minimum atomic E-state index is -0.353. The van der Waals surface area contributed by atoms with Crippen LogP contribution in [0.1, 0.15) is 33.1 Å². The Kier molecular flexibility index (Phi) is 6.02. The van der Waals surface area contributed by atoms with Gasteiger partial charge in [0.05, 0.1) is 10.9 Å². The molecule has 0 aromatic carbocycles. The van der Waals surface area contributed by atoms with E-state index in [0.717, 1.165) is 13.0 Å². The molecule has 0 aromatic heterocycles. The molecule has 4 nitrogen and oxygen atoms in total. The van der Waals surface area contributed by atoms with Crippen LogP contribution in [0.15, 0.2) is 0 Å². The summed E-state index contributed by atoms with van der Waals surface area (Å²) in [6.07, 6.45) is 3.65. The largest absolute Gasteiger partial charge is 0.393 e. The van der Waals surface area contributed by atoms with E-state index in [4.69, 9.17) is 18.0 Å². The zero-order valence-electron chi connectivity index (χ0n) is 11.6. The number of carbonyl (C=O) groups is 1. The van der Waals surface area contributed by atoms with E-state index in [-0.39, 0.29) is 17.7 Å². The van der Waals surface area contributed by atoms with Gasteiger partial charge in [0.2, 0.25) is 5.91 Å². The molecule has 2 unspecified atom stereocenters. The molecule has 1 amide bonds. The number of nitrogens with two attached hydrogens (primary N) is 1. The van der Waals surface area contributed by atoms with E-state index in [9.17, 15) is 4.79 Å². The number of thiocarbonyl (C=S) groups is 1. The molecule has 0 aromatic rings. The first-order chi connectivity index (χ1) is 8.43. The summed E-state index contributed by atoms with van der Waals surface area (Å²) in [5.41, 5.74) is 5.63. The van der Waals surface area contributed by atoms with Crippen molar-refractivity contribution in [3.8, 4) is 0 Å². The number of hydrogen-bond acceptors (Lipinski definition) is 3. The van der Waals surface area contributed by atoms with Crippen molar-refractivity contribution in [1.82, 2.24) is 10.2 Å². The molecular weight excluding hydrogens is 246 g/mol. The van der Waals surface area contributed by atoms with Crippen molar-refractivity contribution >= 4 is 23.1 Å². The van der Waals surface area contributed by atoms with Gasteiger partial charge in [-0.2, -0.15) is 0 Å². The van der Waals surface area contributed by atoms with E-state index >= 15 is 0 Å². The average molecular weight is 271 g/mol. The number of nitrogens with one attached hydrogen (secondary N) is 1. The molecule has 1 heterocycles. The summed E-state index contributed by atoms with van der Waals surface area (Å²) in [7, 11) is 2.11. The van der Waals surface area contributed by atoms with E-state index < -0.39 is 0 Å². The van der Waals surface area contributed by atoms with E-state index in [2.05, 4.69) is 17.3 Å². The summed E-state index contributed by atoms with van der Waals surface area (Å²) in [5.74, 6) is -0.239. The van der Waals surface area contributed by atoms with Crippen LogP contribution in [-0.2, 0) is 4.79 Å². The molecule has 104 valence electrons. The molecule has 0 bridgehead atoms. The molecule has 0 radical (unpaired) electrons. The first kappa shape index (κ1) is 15.4. The summed E-state index contributed by atoms with van der Waals surface area (Å²) in [6.45, 7) is 5.75. The summed E-state index contributed by atoms with van der Waals surface area (Å²) in [4.78, 5) is 14.7. The lowest BCUT2D eigenvalue weighted by atomic mass is 9.94. The normalized spacial score (nSPS) is 22.8. The Morgan fingerprint density at radius 2 is 2.17 bits per heavy atom. The van der Waals surface area contributed by atoms with Crippen LogP contribution in [0.25, 0.3) is 0 Å². The molecule has 3 N–H and O–H groups in total. The minimum absolute atomic E-state index is 0.0310. The molecule has 1 aliphatic heterocycles. The van der Waals surface area contributed by atoms with Crippen LogP contribution in [0.4, 0.5) is 0 Å². The molecule has 18 heavy (non-hydrogen) atoms. The van der Waals surface area contributed by atoms with E-state index in [1.807, 2.05) is 13.8 Å². The van der Waals surface area contributed by atoms with Gasteiger partial charge in [-0.3, -0.25) is 4.79 Å². The lowest BCUT2D eigenvalue weighted by Gasteiger charge is -2.33. The van der Waals surface area contributed by atoms with Crippen molar-refractivity contribution in [2.75, 3.05) is 20.1 Å². The van der Waals surface area contributed by atoms with Crippen molar-refractivity contribution in [2.24, 2.45) is 17.6 Å². The number of rotatable bonds is 5. The van der Waals surface area contributed by atoms with Gasteiger partial charge in [0.15, 0.2) is 0 Å². The Labute approximate surface area is 115 Å². The molecule has 1 aliphatic rings. The van der Waals surface area contributed by atoms with E-state index in [1.54, 1.807) is 0 Å². The van der Waals surface area contributed by atoms with Crippen LogP contribution >= 0.6 is 12.2 Å². The smallest absolute Gasteiger partial charge is 0.230 e. The molecule has 0 aliphatic carbocycles. The van der Waals surface area contributed by atoms with E-state index in [0.29, 0.717) is 17.6 Å². The Balaban J connectivity index is 2.46. The zero-order chi connectivity index (χ0) is 13.7. The van der Waals surface area contributed by atoms with Gasteiger partial charge in [0.1, 0.15) is 0 Å². The van der Waals surface area contributed by atoms with Gasteiger partial charge < -0.3 is 16.0 Å². The first-order valence-electron chi connectivity index (χ1n) is 6.70. The molecule has 5 heteroatoms. The molecular formula is C13H25N3OS. The Bertz CT molecular complexity index is 307. The second-order valence-corrected chi connectivity index (χ2v) is 5.97. The molecule has 1 fully saturated rings. The SMILES string of the molecule is CC(C)C(C(=O)NCC1CCCCN1C)C(N)=S. The third-order valence-corrected chi connectivity index (χ3v) is 3.94. The molecule has 1 saturated heterocycles. The highest BCUT2D eigenvalue weighted by molar-refractivity contribution is 7.80. The van der Waals surface area contributed by atoms with Crippen molar-refractivity contribution in [2.45, 2.75) is 39.2 Å². The standard InChI is InChI=1S/C13H25N3OS/c1-9(2)11(12(14)18)13(17)15-8-10-6-4-5-7-16(10)3/h9-11H,4-8H2,1-3H3,(H2,14,18)(H,15,17). The van der Waals surface area contributed by atoms with Crippen LogP contribution in [0, 0.1) is 11.8 Å². The lowest BCUT2D eigenvalue weighted by molar-refractivity contribution is -0.124. The summed E-state index contributed by atoms with van der Waals surface area (Å²) in [5, 5.41) is 3.00. The first-order valence-corrected chi connectivity index (χ1v) is 7.11. The third-order valence-electron chi connectivity index (χ3n) is 3.69. The summed E-state index contributed by atoms with van der Waals surface area (Å²) in [6, 6.07) is 0.446. The van der Waals surface area contributed by atoms with Gasteiger partial charge in [0, 0.05) is 12.6 Å². The fourth-order valence-corrected chi connectivity index (χ4v) is 2.87. The number of likely N-dealkylation sites (N-methyl/N-ethyl adjacent to an activating group) is 1. The van der Waals surface area contributed by atoms with Crippen LogP contribution in [0.3, 0.4) is 0 Å². The third kappa shape index (κ3) is 4.21. The van der Waals surface area contributed by atoms with Crippen molar-refractivity contribution in [3.63, 3.8) is 0 Å². The van der Waals surface area contributed by atoms with Gasteiger partial charge in [-0.05, 0) is 32.4 Å². The van der Waals surface area contributed by atoms with Gasteiger partial charge in [-0.25, -0.2) is 0 Å². The minimum Gasteiger partial charge on any atom is -0.393 e. The quantitative estimate of drug-likeness (QED) is 0.736. The second-order valence-electron chi connectivity index (χ2n) is 5.50. The summed E-state index contributed by atoms with van der Waals surface area (Å²) >= 11 is 4.97. The fraction of sp³-hybridized carbons (Fsp3) is 0.846. The molecule has 0 saturated carbocycles. The van der Waals surface area contributed by atoms with Gasteiger partial charge in [-0.15, -0.1) is 0 Å². The molecule has 1 rings (SSSR count). The monoisotopic (exact) mass is 271 g/mol. The highest BCUT2D eigenvalue weighted by atomic mass is 32.1. The lowest BCUT2D eigenvalue weighted by Crippen LogP contribution is -2.48. The number of carbonyl (C=O) groups excluding carboxylic acids is 1. The number of hydrogen-bond donors (Lipinski definition) is 2. The Morgan fingerprint density at radius 1 is 1.50 bits per heavy atom. The van der Waals surface area contributed by atoms with Gasteiger partial charge in [-0.1, -0.05) is 32.5 Å². The van der Waals surface area contributed by atoms with Gasteiger partial charge >= 0.3 is 0 Å². The fourth-order valence-electron chi connectivity index (χ4n) is 2.49. The van der Waals surface area contributed by atoms with Crippen molar-refractivity contribution in [1.29, 1.82) is 0 Å². The second kappa shape index (κ2) is 7.04. The topological polar surface area (TPSA) is 58.4 Å². The van der Waals surface area contributed by atoms with E-state index in [1.165, 1.54) is 12.8 Å². The van der Waals surface area contributed by atoms with Gasteiger partial charge in [0.25, 0.3) is 0 Å². The maximum absolute atomic E-state index is 12.1. The Morgan fingerprint density at radius 3 is 2.67 bits per heavy atom. The number of nitrogens with zero attached hydrogens (tertiary/aromatic N) is 1. The Hall–Kier alpha value is -0.680. The van der Waals surface area contributed by atoms with Crippen LogP contribution in [-0.4, -0.2) is 42.0 Å². The van der Waals surface area contributed by atoms with Crippen LogP contribution < -0.4 is 11.1 Å². The summed E-state index contributed by atoms with van der Waals surface area (Å²) < 4.78 is 0. The molecule has 2 atom stereocenters. The number of amides is 1. The average Bonchev–Trinajstić information content (AvgIpc) is 2.27. The van der Waals surface area contributed by atoms with Crippen molar-refractivity contribution < 1.29 is 4.79 Å². The maximum atomic E-state index is 12.1. The van der Waals surface area contributed by atoms with Crippen LogP contribution in [0.2, 0.25) is 0 Å². The van der Waals surface area contributed by atoms with Crippen LogP contribution in [0.5, 0.6) is 0 Å². The van der Waals surface area contributed by atoms with Crippen molar-refractivity contribution in [3.05, 3.63) is 0 Å². The highest BCUT2D eigenvalue weighted by Crippen LogP contribution is 2.15. The zero-order valence-corrected chi connectivity index (χ0v) is 12.4. The maximum Gasteiger partial charge on any atom is 0.230 e. The predicted octanol–water partition coefficient (Wildman–Crippen LogP) is 1.15. The predicted molar refractivity (Wildman–Crippen MR) is 78.4 cm³/mol.